The van der Waals surface area contributed by atoms with Gasteiger partial charge in [0.05, 0.1) is 5.92 Å². The molecule has 0 aliphatic heterocycles. The predicted octanol–water partition coefficient (Wildman–Crippen LogP) is 3.64. The van der Waals surface area contributed by atoms with E-state index in [0.717, 1.165) is 0 Å². The van der Waals surface area contributed by atoms with Gasteiger partial charge in [-0.2, -0.15) is 26.3 Å². The Kier molecular flexibility index (Phi) is 8.10. The molecular weight excluding hydrogens is 414 g/mol. The van der Waals surface area contributed by atoms with Crippen LogP contribution >= 0.6 is 0 Å². The Morgan fingerprint density at radius 2 is 1.38 bits per heavy atom. The van der Waals surface area contributed by atoms with E-state index in [1.165, 1.54) is 6.92 Å². The lowest BCUT2D eigenvalue weighted by molar-refractivity contribution is -0.360. The molecule has 0 aromatic rings. The Hall–Kier alpha value is -2.27. The molecule has 0 heterocycles. The molecule has 0 amide bonds. The zero-order chi connectivity index (χ0) is 22.5. The van der Waals surface area contributed by atoms with E-state index in [1.807, 2.05) is 0 Å². The van der Waals surface area contributed by atoms with Gasteiger partial charge in [-0.15, -0.1) is 0 Å². The van der Waals surface area contributed by atoms with Gasteiger partial charge < -0.3 is 14.2 Å². The zero-order valence-electron chi connectivity index (χ0n) is 15.5. The van der Waals surface area contributed by atoms with Crippen LogP contribution in [0.1, 0.15) is 39.0 Å². The van der Waals surface area contributed by atoms with Crippen LogP contribution in [0.15, 0.2) is 12.2 Å². The van der Waals surface area contributed by atoms with Crippen molar-refractivity contribution in [3.8, 4) is 0 Å². The van der Waals surface area contributed by atoms with Crippen molar-refractivity contribution in [1.29, 1.82) is 0 Å². The van der Waals surface area contributed by atoms with Crippen molar-refractivity contribution >= 4 is 17.9 Å². The van der Waals surface area contributed by atoms with Gasteiger partial charge in [-0.05, 0) is 19.8 Å². The van der Waals surface area contributed by atoms with Gasteiger partial charge in [-0.25, -0.2) is 9.59 Å². The molecule has 0 aromatic carbocycles. The third-order valence-corrected chi connectivity index (χ3v) is 4.18. The van der Waals surface area contributed by atoms with E-state index in [0.29, 0.717) is 19.3 Å². The van der Waals surface area contributed by atoms with Crippen LogP contribution in [0.4, 0.5) is 26.3 Å². The Morgan fingerprint density at radius 3 is 1.83 bits per heavy atom. The van der Waals surface area contributed by atoms with Gasteiger partial charge in [0.2, 0.25) is 0 Å². The molecule has 0 unspecified atom stereocenters. The van der Waals surface area contributed by atoms with Gasteiger partial charge in [0, 0.05) is 5.57 Å². The largest absolute Gasteiger partial charge is 0.459 e. The number of carbonyl (C=O) groups is 3. The summed E-state index contributed by atoms with van der Waals surface area (Å²) in [6.45, 7) is 2.52. The van der Waals surface area contributed by atoms with Crippen LogP contribution in [0.3, 0.4) is 0 Å². The minimum Gasteiger partial charge on any atom is -0.459 e. The third kappa shape index (κ3) is 5.86. The lowest BCUT2D eigenvalue weighted by Crippen LogP contribution is -2.65. The van der Waals surface area contributed by atoms with Crippen molar-refractivity contribution in [1.82, 2.24) is 0 Å². The summed E-state index contributed by atoms with van der Waals surface area (Å²) in [4.78, 5) is 35.0. The van der Waals surface area contributed by atoms with Crippen LogP contribution in [0.5, 0.6) is 0 Å². The molecule has 0 aromatic heterocycles. The first kappa shape index (κ1) is 24.8. The fraction of sp³-hybridized carbons (Fsp3) is 0.706. The van der Waals surface area contributed by atoms with Crippen molar-refractivity contribution in [2.75, 3.05) is 13.2 Å². The number of esters is 3. The van der Waals surface area contributed by atoms with Gasteiger partial charge in [-0.3, -0.25) is 4.79 Å². The molecule has 166 valence electrons. The van der Waals surface area contributed by atoms with Crippen molar-refractivity contribution in [2.24, 2.45) is 5.92 Å². The first-order valence-electron chi connectivity index (χ1n) is 8.60. The molecule has 0 saturated heterocycles. The van der Waals surface area contributed by atoms with Crippen molar-refractivity contribution < 1.29 is 54.9 Å². The maximum absolute atomic E-state index is 13.4. The fourth-order valence-corrected chi connectivity index (χ4v) is 2.62. The summed E-state index contributed by atoms with van der Waals surface area (Å²) in [6, 6.07) is 0. The topological polar surface area (TPSA) is 78.9 Å². The molecule has 0 radical (unpaired) electrons. The second-order valence-corrected chi connectivity index (χ2v) is 6.48. The van der Waals surface area contributed by atoms with Crippen molar-refractivity contribution in [3.63, 3.8) is 0 Å². The summed E-state index contributed by atoms with van der Waals surface area (Å²) < 4.78 is 92.6. The highest BCUT2D eigenvalue weighted by Gasteiger charge is 2.80. The summed E-state index contributed by atoms with van der Waals surface area (Å²) in [7, 11) is 0. The summed E-state index contributed by atoms with van der Waals surface area (Å²) in [5.41, 5.74) is -5.56. The lowest BCUT2D eigenvalue weighted by atomic mass is 9.89. The molecule has 1 aliphatic carbocycles. The lowest BCUT2D eigenvalue weighted by Gasteiger charge is -2.35. The zero-order valence-corrected chi connectivity index (χ0v) is 15.5. The first-order chi connectivity index (χ1) is 13.2. The smallest absolute Gasteiger partial charge is 0.449 e. The Morgan fingerprint density at radius 1 is 0.897 bits per heavy atom. The highest BCUT2D eigenvalue weighted by Crippen LogP contribution is 2.47. The van der Waals surface area contributed by atoms with Crippen molar-refractivity contribution in [2.45, 2.75) is 57.0 Å². The van der Waals surface area contributed by atoms with E-state index in [9.17, 15) is 40.7 Å². The summed E-state index contributed by atoms with van der Waals surface area (Å²) in [6.07, 6.45) is -11.0. The van der Waals surface area contributed by atoms with Crippen LogP contribution in [0.2, 0.25) is 0 Å². The number of hydrogen-bond acceptors (Lipinski definition) is 6. The second-order valence-electron chi connectivity index (χ2n) is 6.48. The third-order valence-electron chi connectivity index (χ3n) is 4.18. The van der Waals surface area contributed by atoms with E-state index in [1.54, 1.807) is 0 Å². The minimum absolute atomic E-state index is 0.0521. The van der Waals surface area contributed by atoms with Crippen LogP contribution in [-0.2, 0) is 28.6 Å². The summed E-state index contributed by atoms with van der Waals surface area (Å²) in [5, 5.41) is 0. The Balaban J connectivity index is 3.03. The summed E-state index contributed by atoms with van der Waals surface area (Å²) in [5.74, 6) is -6.81. The maximum Gasteiger partial charge on any atom is 0.449 e. The molecule has 1 aliphatic rings. The van der Waals surface area contributed by atoms with Crippen LogP contribution in [0.25, 0.3) is 0 Å². The van der Waals surface area contributed by atoms with Gasteiger partial charge in [0.1, 0.15) is 13.2 Å². The van der Waals surface area contributed by atoms with Gasteiger partial charge >= 0.3 is 35.9 Å². The number of halogens is 6. The SMILES string of the molecule is C=C(C)C(=O)OCCOC(=O)C(OC(=O)C1CCCCC1)(C(F)(F)F)C(F)(F)F. The fourth-order valence-electron chi connectivity index (χ4n) is 2.62. The molecule has 0 bridgehead atoms. The van der Waals surface area contributed by atoms with Crippen LogP contribution in [-0.4, -0.2) is 49.1 Å². The van der Waals surface area contributed by atoms with Crippen LogP contribution in [0, 0.1) is 5.92 Å². The summed E-state index contributed by atoms with van der Waals surface area (Å²) >= 11 is 0. The normalized spacial score (nSPS) is 16.1. The molecule has 1 rings (SSSR count). The second kappa shape index (κ2) is 9.49. The van der Waals surface area contributed by atoms with E-state index in [2.05, 4.69) is 20.8 Å². The highest BCUT2D eigenvalue weighted by atomic mass is 19.4. The van der Waals surface area contributed by atoms with E-state index >= 15 is 0 Å². The van der Waals surface area contributed by atoms with E-state index in [4.69, 9.17) is 0 Å². The number of carbonyl (C=O) groups excluding carboxylic acids is 3. The van der Waals surface area contributed by atoms with Crippen LogP contribution < -0.4 is 0 Å². The molecule has 29 heavy (non-hydrogen) atoms. The van der Waals surface area contributed by atoms with Crippen molar-refractivity contribution in [3.05, 3.63) is 12.2 Å². The number of rotatable bonds is 7. The molecular formula is C17H20F6O6. The number of ether oxygens (including phenoxy) is 3. The maximum atomic E-state index is 13.4. The predicted molar refractivity (Wildman–Crippen MR) is 84.2 cm³/mol. The molecule has 0 N–H and O–H groups in total. The molecule has 0 spiro atoms. The number of alkyl halides is 6. The van der Waals surface area contributed by atoms with Gasteiger partial charge in [0.25, 0.3) is 0 Å². The minimum atomic E-state index is -6.33. The van der Waals surface area contributed by atoms with Gasteiger partial charge in [-0.1, -0.05) is 25.8 Å². The molecule has 0 atom stereocenters. The molecule has 12 heteroatoms. The monoisotopic (exact) mass is 434 g/mol. The molecule has 1 fully saturated rings. The number of hydrogen-bond donors (Lipinski definition) is 0. The quantitative estimate of drug-likeness (QED) is 0.200. The Bertz CT molecular complexity index is 619. The molecule has 6 nitrogen and oxygen atoms in total. The average molecular weight is 434 g/mol. The van der Waals surface area contributed by atoms with Gasteiger partial charge in [0.15, 0.2) is 0 Å². The molecule has 1 saturated carbocycles. The van der Waals surface area contributed by atoms with E-state index in [-0.39, 0.29) is 18.4 Å². The van der Waals surface area contributed by atoms with E-state index < -0.39 is 55.0 Å². The Labute approximate surface area is 162 Å². The highest BCUT2D eigenvalue weighted by molar-refractivity contribution is 5.87. The standard InChI is InChI=1S/C17H20F6O6/c1-10(2)12(24)27-8-9-28-14(26)15(16(18,19)20,17(21,22)23)29-13(25)11-6-4-3-5-7-11/h11H,1,3-9H2,2H3. The first-order valence-corrected chi connectivity index (χ1v) is 8.60. The average Bonchev–Trinajstić information content (AvgIpc) is 2.61.